The maximum Gasteiger partial charge on any atom is 0.255 e. The number of piperidine rings is 1. The number of rotatable bonds is 3. The summed E-state index contributed by atoms with van der Waals surface area (Å²) in [6, 6.07) is 6.64. The van der Waals surface area contributed by atoms with Gasteiger partial charge in [-0.25, -0.2) is 8.42 Å². The number of thioether (sulfide) groups is 1. The highest BCUT2D eigenvalue weighted by atomic mass is 32.2. The first-order chi connectivity index (χ1) is 11.1. The Morgan fingerprint density at radius 1 is 0.957 bits per heavy atom. The molecule has 1 aromatic rings. The Hall–Kier alpha value is -1.05. The van der Waals surface area contributed by atoms with Crippen molar-refractivity contribution in [3.8, 4) is 0 Å². The number of sulfonamides is 1. The van der Waals surface area contributed by atoms with Crippen LogP contribution in [0.3, 0.4) is 0 Å². The van der Waals surface area contributed by atoms with E-state index in [9.17, 15) is 13.2 Å². The first kappa shape index (κ1) is 16.8. The number of hydrogen-bond donors (Lipinski definition) is 0. The van der Waals surface area contributed by atoms with Crippen LogP contribution in [-0.4, -0.2) is 61.2 Å². The standard InChI is InChI=1S/C16H22N2O3S2/c19-16(17-10-12-22-13-11-17)14-6-2-3-7-15(14)23(20,21)18-8-4-1-5-9-18/h2-3,6-7H,1,4-5,8-13H2. The van der Waals surface area contributed by atoms with Crippen LogP contribution in [0.4, 0.5) is 0 Å². The zero-order chi connectivity index (χ0) is 16.3. The Labute approximate surface area is 142 Å². The van der Waals surface area contributed by atoms with E-state index in [0.29, 0.717) is 31.7 Å². The van der Waals surface area contributed by atoms with E-state index >= 15 is 0 Å². The lowest BCUT2D eigenvalue weighted by Gasteiger charge is -2.29. The summed E-state index contributed by atoms with van der Waals surface area (Å²) in [6.45, 7) is 2.46. The summed E-state index contributed by atoms with van der Waals surface area (Å²) >= 11 is 1.82. The fourth-order valence-corrected chi connectivity index (χ4v) is 5.65. The second-order valence-electron chi connectivity index (χ2n) is 5.87. The van der Waals surface area contributed by atoms with Crippen molar-refractivity contribution in [2.45, 2.75) is 24.2 Å². The number of carbonyl (C=O) groups is 1. The minimum atomic E-state index is -3.60. The van der Waals surface area contributed by atoms with Crippen LogP contribution in [0.5, 0.6) is 0 Å². The van der Waals surface area contributed by atoms with E-state index < -0.39 is 10.0 Å². The summed E-state index contributed by atoms with van der Waals surface area (Å²) in [6.07, 6.45) is 2.84. The molecule has 1 amide bonds. The smallest absolute Gasteiger partial charge is 0.255 e. The molecule has 0 spiro atoms. The maximum atomic E-state index is 12.9. The van der Waals surface area contributed by atoms with Crippen molar-refractivity contribution in [2.24, 2.45) is 0 Å². The molecule has 2 saturated heterocycles. The lowest BCUT2D eigenvalue weighted by atomic mass is 10.2. The fraction of sp³-hybridized carbons (Fsp3) is 0.562. The normalized spacial score (nSPS) is 20.4. The molecular weight excluding hydrogens is 332 g/mol. The summed E-state index contributed by atoms with van der Waals surface area (Å²) < 4.78 is 27.4. The van der Waals surface area contributed by atoms with Gasteiger partial charge in [-0.05, 0) is 25.0 Å². The van der Waals surface area contributed by atoms with Gasteiger partial charge in [0, 0.05) is 37.7 Å². The second kappa shape index (κ2) is 7.23. The Morgan fingerprint density at radius 3 is 2.30 bits per heavy atom. The third-order valence-electron chi connectivity index (χ3n) is 4.35. The summed E-state index contributed by atoms with van der Waals surface area (Å²) in [5, 5.41) is 0. The Balaban J connectivity index is 1.92. The molecule has 2 aliphatic rings. The van der Waals surface area contributed by atoms with Crippen molar-refractivity contribution in [3.05, 3.63) is 29.8 Å². The summed E-state index contributed by atoms with van der Waals surface area (Å²) in [7, 11) is -3.60. The summed E-state index contributed by atoms with van der Waals surface area (Å²) in [4.78, 5) is 14.7. The van der Waals surface area contributed by atoms with Gasteiger partial charge in [0.1, 0.15) is 0 Å². The van der Waals surface area contributed by atoms with E-state index in [1.807, 2.05) is 11.8 Å². The number of amides is 1. The van der Waals surface area contributed by atoms with Crippen LogP contribution < -0.4 is 0 Å². The molecule has 2 fully saturated rings. The number of carbonyl (C=O) groups excluding carboxylic acids is 1. The second-order valence-corrected chi connectivity index (χ2v) is 9.00. The van der Waals surface area contributed by atoms with Crippen LogP contribution in [-0.2, 0) is 10.0 Å². The quantitative estimate of drug-likeness (QED) is 0.834. The first-order valence-electron chi connectivity index (χ1n) is 8.07. The Bertz CT molecular complexity index is 664. The van der Waals surface area contributed by atoms with Crippen molar-refractivity contribution in [3.63, 3.8) is 0 Å². The van der Waals surface area contributed by atoms with Gasteiger partial charge in [0.15, 0.2) is 0 Å². The van der Waals surface area contributed by atoms with Crippen molar-refractivity contribution in [2.75, 3.05) is 37.7 Å². The molecule has 2 heterocycles. The van der Waals surface area contributed by atoms with E-state index in [0.717, 1.165) is 30.8 Å². The van der Waals surface area contributed by atoms with Gasteiger partial charge in [0.25, 0.3) is 5.91 Å². The highest BCUT2D eigenvalue weighted by Gasteiger charge is 2.31. The number of benzene rings is 1. The first-order valence-corrected chi connectivity index (χ1v) is 10.7. The summed E-state index contributed by atoms with van der Waals surface area (Å²) in [5.74, 6) is 1.65. The summed E-state index contributed by atoms with van der Waals surface area (Å²) in [5.41, 5.74) is 0.310. The van der Waals surface area contributed by atoms with Crippen molar-refractivity contribution >= 4 is 27.7 Å². The van der Waals surface area contributed by atoms with Crippen LogP contribution in [0.25, 0.3) is 0 Å². The molecule has 0 N–H and O–H groups in total. The van der Waals surface area contributed by atoms with E-state index in [1.165, 1.54) is 4.31 Å². The molecule has 0 radical (unpaired) electrons. The van der Waals surface area contributed by atoms with Gasteiger partial charge in [-0.2, -0.15) is 16.1 Å². The predicted molar refractivity (Wildman–Crippen MR) is 92.3 cm³/mol. The maximum absolute atomic E-state index is 12.9. The van der Waals surface area contributed by atoms with Crippen LogP contribution in [0, 0.1) is 0 Å². The Morgan fingerprint density at radius 2 is 1.61 bits per heavy atom. The zero-order valence-electron chi connectivity index (χ0n) is 13.1. The van der Waals surface area contributed by atoms with Gasteiger partial charge in [0.05, 0.1) is 10.5 Å². The van der Waals surface area contributed by atoms with E-state index in [1.54, 1.807) is 29.2 Å². The van der Waals surface area contributed by atoms with Crippen LogP contribution in [0.2, 0.25) is 0 Å². The zero-order valence-corrected chi connectivity index (χ0v) is 14.7. The van der Waals surface area contributed by atoms with Crippen LogP contribution in [0.1, 0.15) is 29.6 Å². The van der Waals surface area contributed by atoms with Gasteiger partial charge in [0.2, 0.25) is 10.0 Å². The molecule has 23 heavy (non-hydrogen) atoms. The largest absolute Gasteiger partial charge is 0.337 e. The van der Waals surface area contributed by atoms with Crippen LogP contribution in [0.15, 0.2) is 29.2 Å². The number of nitrogens with zero attached hydrogens (tertiary/aromatic N) is 2. The molecule has 2 aliphatic heterocycles. The minimum Gasteiger partial charge on any atom is -0.337 e. The van der Waals surface area contributed by atoms with Gasteiger partial charge in [-0.1, -0.05) is 18.6 Å². The predicted octanol–water partition coefficient (Wildman–Crippen LogP) is 2.05. The number of hydrogen-bond acceptors (Lipinski definition) is 4. The molecule has 0 saturated carbocycles. The molecule has 3 rings (SSSR count). The molecule has 0 aromatic heterocycles. The topological polar surface area (TPSA) is 57.7 Å². The molecule has 126 valence electrons. The lowest BCUT2D eigenvalue weighted by Crippen LogP contribution is -2.40. The average Bonchev–Trinajstić information content (AvgIpc) is 2.62. The van der Waals surface area contributed by atoms with E-state index in [-0.39, 0.29) is 10.8 Å². The molecular formula is C16H22N2O3S2. The Kier molecular flexibility index (Phi) is 5.28. The van der Waals surface area contributed by atoms with E-state index in [4.69, 9.17) is 0 Å². The molecule has 0 aliphatic carbocycles. The molecule has 7 heteroatoms. The molecule has 0 atom stereocenters. The molecule has 1 aromatic carbocycles. The minimum absolute atomic E-state index is 0.158. The monoisotopic (exact) mass is 354 g/mol. The van der Waals surface area contributed by atoms with Gasteiger partial charge in [-0.15, -0.1) is 0 Å². The highest BCUT2D eigenvalue weighted by Crippen LogP contribution is 2.25. The highest BCUT2D eigenvalue weighted by molar-refractivity contribution is 7.99. The van der Waals surface area contributed by atoms with Crippen LogP contribution >= 0.6 is 11.8 Å². The lowest BCUT2D eigenvalue weighted by molar-refractivity contribution is 0.0768. The third kappa shape index (κ3) is 3.56. The van der Waals surface area contributed by atoms with Gasteiger partial charge in [-0.3, -0.25) is 4.79 Å². The third-order valence-corrected chi connectivity index (χ3v) is 7.25. The van der Waals surface area contributed by atoms with E-state index in [2.05, 4.69) is 0 Å². The van der Waals surface area contributed by atoms with Crippen molar-refractivity contribution in [1.82, 2.24) is 9.21 Å². The van der Waals surface area contributed by atoms with Gasteiger partial charge >= 0.3 is 0 Å². The molecule has 5 nitrogen and oxygen atoms in total. The van der Waals surface area contributed by atoms with Gasteiger partial charge < -0.3 is 4.90 Å². The average molecular weight is 354 g/mol. The van der Waals surface area contributed by atoms with Crippen molar-refractivity contribution in [1.29, 1.82) is 0 Å². The van der Waals surface area contributed by atoms with Crippen molar-refractivity contribution < 1.29 is 13.2 Å². The molecule has 0 unspecified atom stereocenters. The molecule has 0 bridgehead atoms. The fourth-order valence-electron chi connectivity index (χ4n) is 3.05. The SMILES string of the molecule is O=C(c1ccccc1S(=O)(=O)N1CCCCC1)N1CCSCC1.